The Kier molecular flexibility index (Phi) is 3.54. The van der Waals surface area contributed by atoms with Crippen LogP contribution in [0, 0.1) is 6.92 Å². The second-order valence-electron chi connectivity index (χ2n) is 4.08. The quantitative estimate of drug-likeness (QED) is 0.873. The average Bonchev–Trinajstić information content (AvgIpc) is 2.78. The molecule has 2 rings (SSSR count). The molecule has 0 amide bonds. The molecule has 0 saturated heterocycles. The molecule has 0 aliphatic carbocycles. The molecule has 90 valence electrons. The fourth-order valence-electron chi connectivity index (χ4n) is 1.88. The molecule has 2 heterocycles. The van der Waals surface area contributed by atoms with Crippen LogP contribution in [0.5, 0.6) is 0 Å². The Bertz CT molecular complexity index is 502. The van der Waals surface area contributed by atoms with Crippen molar-refractivity contribution in [2.45, 2.75) is 33.2 Å². The van der Waals surface area contributed by atoms with Gasteiger partial charge in [0.05, 0.1) is 0 Å². The summed E-state index contributed by atoms with van der Waals surface area (Å²) in [6, 6.07) is 4.03. The molecular weight excluding hydrogens is 212 g/mol. The predicted molar refractivity (Wildman–Crippen MR) is 68.0 cm³/mol. The van der Waals surface area contributed by atoms with Gasteiger partial charge in [-0.3, -0.25) is 4.57 Å². The van der Waals surface area contributed by atoms with E-state index in [2.05, 4.69) is 16.9 Å². The number of nitrogens with two attached hydrogens (primary N) is 1. The maximum atomic E-state index is 5.64. The molecule has 2 N–H and O–H groups in total. The number of nitrogens with zero attached hydrogens (tertiary/aromatic N) is 3. The Morgan fingerprint density at radius 1 is 1.35 bits per heavy atom. The van der Waals surface area contributed by atoms with Crippen molar-refractivity contribution in [3.8, 4) is 5.82 Å². The van der Waals surface area contributed by atoms with E-state index in [4.69, 9.17) is 5.73 Å². The van der Waals surface area contributed by atoms with Crippen LogP contribution in [0.25, 0.3) is 5.82 Å². The SMILES string of the molecule is CCCc1nccn1-c1ccc(CN)c(C)n1. The Morgan fingerprint density at radius 3 is 2.82 bits per heavy atom. The lowest BCUT2D eigenvalue weighted by Crippen LogP contribution is -2.06. The third-order valence-corrected chi connectivity index (χ3v) is 2.84. The van der Waals surface area contributed by atoms with E-state index >= 15 is 0 Å². The summed E-state index contributed by atoms with van der Waals surface area (Å²) < 4.78 is 2.04. The highest BCUT2D eigenvalue weighted by atomic mass is 15.1. The van der Waals surface area contributed by atoms with E-state index in [1.165, 1.54) is 0 Å². The first-order chi connectivity index (χ1) is 8.26. The Balaban J connectivity index is 2.39. The highest BCUT2D eigenvalue weighted by Crippen LogP contribution is 2.13. The van der Waals surface area contributed by atoms with Crippen LogP contribution < -0.4 is 5.73 Å². The number of imidazole rings is 1. The summed E-state index contributed by atoms with van der Waals surface area (Å²) in [5.74, 6) is 1.97. The van der Waals surface area contributed by atoms with E-state index in [0.717, 1.165) is 35.7 Å². The van der Waals surface area contributed by atoms with Crippen LogP contribution in [0.3, 0.4) is 0 Å². The van der Waals surface area contributed by atoms with Gasteiger partial charge in [0.25, 0.3) is 0 Å². The largest absolute Gasteiger partial charge is 0.326 e. The molecule has 4 nitrogen and oxygen atoms in total. The van der Waals surface area contributed by atoms with Gasteiger partial charge in [-0.25, -0.2) is 9.97 Å². The van der Waals surface area contributed by atoms with E-state index in [1.54, 1.807) is 0 Å². The summed E-state index contributed by atoms with van der Waals surface area (Å²) in [5, 5.41) is 0. The molecular formula is C13H18N4. The summed E-state index contributed by atoms with van der Waals surface area (Å²) in [6.45, 7) is 4.67. The Labute approximate surface area is 102 Å². The summed E-state index contributed by atoms with van der Waals surface area (Å²) in [4.78, 5) is 8.93. The second kappa shape index (κ2) is 5.10. The van der Waals surface area contributed by atoms with Crippen molar-refractivity contribution in [2.24, 2.45) is 5.73 Å². The average molecular weight is 230 g/mol. The summed E-state index contributed by atoms with van der Waals surface area (Å²) in [6.07, 6.45) is 5.82. The molecule has 0 aromatic carbocycles. The number of pyridine rings is 1. The fourth-order valence-corrected chi connectivity index (χ4v) is 1.88. The van der Waals surface area contributed by atoms with E-state index in [1.807, 2.05) is 36.0 Å². The zero-order valence-corrected chi connectivity index (χ0v) is 10.3. The third-order valence-electron chi connectivity index (χ3n) is 2.84. The minimum absolute atomic E-state index is 0.533. The van der Waals surface area contributed by atoms with Crippen molar-refractivity contribution in [3.63, 3.8) is 0 Å². The molecule has 2 aromatic heterocycles. The molecule has 0 aliphatic heterocycles. The monoisotopic (exact) mass is 230 g/mol. The Hall–Kier alpha value is -1.68. The lowest BCUT2D eigenvalue weighted by molar-refractivity contribution is 0.794. The van der Waals surface area contributed by atoms with Crippen molar-refractivity contribution in [1.82, 2.24) is 14.5 Å². The van der Waals surface area contributed by atoms with Gasteiger partial charge in [-0.15, -0.1) is 0 Å². The highest BCUT2D eigenvalue weighted by Gasteiger charge is 2.06. The number of aryl methyl sites for hydroxylation is 2. The van der Waals surface area contributed by atoms with Crippen LogP contribution in [-0.4, -0.2) is 14.5 Å². The van der Waals surface area contributed by atoms with Gasteiger partial charge in [0.2, 0.25) is 0 Å². The topological polar surface area (TPSA) is 56.7 Å². The Morgan fingerprint density at radius 2 is 2.18 bits per heavy atom. The standard InChI is InChI=1S/C13H18N4/c1-3-4-12-15-7-8-17(12)13-6-5-11(9-14)10(2)16-13/h5-8H,3-4,9,14H2,1-2H3. The van der Waals surface area contributed by atoms with E-state index in [0.29, 0.717) is 6.54 Å². The highest BCUT2D eigenvalue weighted by molar-refractivity contribution is 5.31. The van der Waals surface area contributed by atoms with Crippen molar-refractivity contribution in [3.05, 3.63) is 41.6 Å². The first-order valence-electron chi connectivity index (χ1n) is 5.95. The minimum atomic E-state index is 0.533. The van der Waals surface area contributed by atoms with Gasteiger partial charge in [-0.2, -0.15) is 0 Å². The van der Waals surface area contributed by atoms with E-state index in [9.17, 15) is 0 Å². The van der Waals surface area contributed by atoms with Crippen molar-refractivity contribution < 1.29 is 0 Å². The lowest BCUT2D eigenvalue weighted by atomic mass is 10.2. The van der Waals surface area contributed by atoms with Gasteiger partial charge < -0.3 is 5.73 Å². The molecule has 4 heteroatoms. The van der Waals surface area contributed by atoms with Gasteiger partial charge in [0.15, 0.2) is 0 Å². The van der Waals surface area contributed by atoms with Crippen LogP contribution >= 0.6 is 0 Å². The number of hydrogen-bond acceptors (Lipinski definition) is 3. The number of hydrogen-bond donors (Lipinski definition) is 1. The summed E-state index contributed by atoms with van der Waals surface area (Å²) in [7, 11) is 0. The molecule has 0 bridgehead atoms. The van der Waals surface area contributed by atoms with Gasteiger partial charge in [0, 0.05) is 31.1 Å². The minimum Gasteiger partial charge on any atom is -0.326 e. The maximum absolute atomic E-state index is 5.64. The van der Waals surface area contributed by atoms with Crippen LogP contribution in [-0.2, 0) is 13.0 Å². The molecule has 0 saturated carbocycles. The molecule has 17 heavy (non-hydrogen) atoms. The number of aromatic nitrogens is 3. The molecule has 0 aliphatic rings. The van der Waals surface area contributed by atoms with Gasteiger partial charge >= 0.3 is 0 Å². The maximum Gasteiger partial charge on any atom is 0.138 e. The molecule has 0 spiro atoms. The van der Waals surface area contributed by atoms with E-state index < -0.39 is 0 Å². The lowest BCUT2D eigenvalue weighted by Gasteiger charge is -2.09. The third kappa shape index (κ3) is 2.36. The van der Waals surface area contributed by atoms with Crippen LogP contribution in [0.1, 0.15) is 30.4 Å². The molecule has 0 fully saturated rings. The zero-order valence-electron chi connectivity index (χ0n) is 10.3. The smallest absolute Gasteiger partial charge is 0.138 e. The summed E-state index contributed by atoms with van der Waals surface area (Å²) in [5.41, 5.74) is 7.71. The normalized spacial score (nSPS) is 10.8. The first kappa shape index (κ1) is 11.8. The van der Waals surface area contributed by atoms with Gasteiger partial charge in [-0.05, 0) is 25.0 Å². The molecule has 0 radical (unpaired) electrons. The zero-order chi connectivity index (χ0) is 12.3. The van der Waals surface area contributed by atoms with Crippen molar-refractivity contribution in [2.75, 3.05) is 0 Å². The van der Waals surface area contributed by atoms with Crippen molar-refractivity contribution in [1.29, 1.82) is 0 Å². The summed E-state index contributed by atoms with van der Waals surface area (Å²) >= 11 is 0. The van der Waals surface area contributed by atoms with Crippen LogP contribution in [0.15, 0.2) is 24.5 Å². The van der Waals surface area contributed by atoms with Gasteiger partial charge in [-0.1, -0.05) is 13.0 Å². The first-order valence-corrected chi connectivity index (χ1v) is 5.95. The molecule has 2 aromatic rings. The van der Waals surface area contributed by atoms with Gasteiger partial charge in [0.1, 0.15) is 11.6 Å². The predicted octanol–water partition coefficient (Wildman–Crippen LogP) is 1.99. The van der Waals surface area contributed by atoms with Crippen LogP contribution in [0.4, 0.5) is 0 Å². The number of rotatable bonds is 4. The molecule has 0 atom stereocenters. The molecule has 0 unspecified atom stereocenters. The van der Waals surface area contributed by atoms with Crippen LogP contribution in [0.2, 0.25) is 0 Å². The van der Waals surface area contributed by atoms with Crippen molar-refractivity contribution >= 4 is 0 Å². The van der Waals surface area contributed by atoms with E-state index in [-0.39, 0.29) is 0 Å². The second-order valence-corrected chi connectivity index (χ2v) is 4.08. The fraction of sp³-hybridized carbons (Fsp3) is 0.385.